The highest BCUT2D eigenvalue weighted by Crippen LogP contribution is 2.15. The van der Waals surface area contributed by atoms with Crippen molar-refractivity contribution in [2.75, 3.05) is 0 Å². The molecule has 0 aliphatic heterocycles. The van der Waals surface area contributed by atoms with Gasteiger partial charge in [-0.05, 0) is 25.2 Å². The molecule has 0 bridgehead atoms. The molecule has 1 radical (unpaired) electrons. The Morgan fingerprint density at radius 2 is 1.86 bits per heavy atom. The SMILES string of the molecule is [CH]=C(C)/C=C/CC(C)CCCC(C)C. The van der Waals surface area contributed by atoms with Crippen molar-refractivity contribution in [1.82, 2.24) is 0 Å². The lowest BCUT2D eigenvalue weighted by Gasteiger charge is -2.09. The van der Waals surface area contributed by atoms with E-state index in [0.717, 1.165) is 23.8 Å². The first-order chi connectivity index (χ1) is 6.52. The highest BCUT2D eigenvalue weighted by atomic mass is 14.1. The fourth-order valence-electron chi connectivity index (χ4n) is 1.48. The molecule has 1 unspecified atom stereocenters. The second-order valence-corrected chi connectivity index (χ2v) is 4.81. The van der Waals surface area contributed by atoms with E-state index in [9.17, 15) is 0 Å². The molecule has 0 spiro atoms. The summed E-state index contributed by atoms with van der Waals surface area (Å²) in [5.74, 6) is 1.64. The molecule has 1 atom stereocenters. The summed E-state index contributed by atoms with van der Waals surface area (Å²) in [6.45, 7) is 14.4. The van der Waals surface area contributed by atoms with Gasteiger partial charge in [0.05, 0.1) is 0 Å². The molecule has 0 heterocycles. The average molecular weight is 193 g/mol. The molecule has 81 valence electrons. The zero-order valence-corrected chi connectivity index (χ0v) is 10.2. The second kappa shape index (κ2) is 7.84. The van der Waals surface area contributed by atoms with Gasteiger partial charge in [-0.25, -0.2) is 0 Å². The quantitative estimate of drug-likeness (QED) is 0.511. The standard InChI is InChI=1S/C14H25/c1-12(2)8-6-10-14(5)11-7-9-13(3)4/h1,6,8,13-14H,7,9-11H2,2-5H3/b8-6+,12-1?. The third kappa shape index (κ3) is 9.57. The zero-order chi connectivity index (χ0) is 11.0. The molecule has 14 heavy (non-hydrogen) atoms. The summed E-state index contributed by atoms with van der Waals surface area (Å²) in [7, 11) is 0. The highest BCUT2D eigenvalue weighted by Gasteiger charge is 2.00. The molecule has 0 fully saturated rings. The molecule has 0 saturated carbocycles. The maximum atomic E-state index is 5.55. The van der Waals surface area contributed by atoms with Crippen LogP contribution >= 0.6 is 0 Å². The van der Waals surface area contributed by atoms with Crippen LogP contribution in [0.3, 0.4) is 0 Å². The van der Waals surface area contributed by atoms with Crippen LogP contribution in [0.4, 0.5) is 0 Å². The van der Waals surface area contributed by atoms with Crippen LogP contribution < -0.4 is 0 Å². The Morgan fingerprint density at radius 3 is 2.36 bits per heavy atom. The van der Waals surface area contributed by atoms with E-state index >= 15 is 0 Å². The van der Waals surface area contributed by atoms with E-state index < -0.39 is 0 Å². The normalized spacial score (nSPS) is 13.8. The summed E-state index contributed by atoms with van der Waals surface area (Å²) < 4.78 is 0. The Bertz CT molecular complexity index is 174. The van der Waals surface area contributed by atoms with Crippen LogP contribution in [0.2, 0.25) is 0 Å². The molecule has 0 aromatic heterocycles. The molecule has 0 nitrogen and oxygen atoms in total. The molecule has 0 amide bonds. The van der Waals surface area contributed by atoms with E-state index in [2.05, 4.69) is 26.8 Å². The van der Waals surface area contributed by atoms with Gasteiger partial charge in [0.1, 0.15) is 0 Å². The minimum absolute atomic E-state index is 0.796. The maximum absolute atomic E-state index is 5.55. The van der Waals surface area contributed by atoms with Crippen LogP contribution in [0.5, 0.6) is 0 Å². The van der Waals surface area contributed by atoms with E-state index in [1.54, 1.807) is 0 Å². The summed E-state index contributed by atoms with van der Waals surface area (Å²) in [6, 6.07) is 0. The lowest BCUT2D eigenvalue weighted by molar-refractivity contribution is 0.461. The molecule has 0 rings (SSSR count). The smallest absolute Gasteiger partial charge is 0.0322 e. The molecule has 0 aromatic carbocycles. The summed E-state index contributed by atoms with van der Waals surface area (Å²) in [4.78, 5) is 0. The van der Waals surface area contributed by atoms with Crippen LogP contribution in [0.15, 0.2) is 17.7 Å². The first-order valence-electron chi connectivity index (χ1n) is 5.78. The van der Waals surface area contributed by atoms with Crippen LogP contribution in [0, 0.1) is 18.4 Å². The van der Waals surface area contributed by atoms with Crippen LogP contribution in [0.1, 0.15) is 53.4 Å². The van der Waals surface area contributed by atoms with Crippen molar-refractivity contribution in [1.29, 1.82) is 0 Å². The molecule has 0 aliphatic rings. The largest absolute Gasteiger partial charge is 0.0840 e. The fraction of sp³-hybridized carbons (Fsp3) is 0.714. The number of rotatable bonds is 7. The minimum Gasteiger partial charge on any atom is -0.0840 e. The van der Waals surface area contributed by atoms with Gasteiger partial charge in [-0.15, -0.1) is 0 Å². The van der Waals surface area contributed by atoms with Crippen LogP contribution in [-0.2, 0) is 0 Å². The Morgan fingerprint density at radius 1 is 1.21 bits per heavy atom. The van der Waals surface area contributed by atoms with Gasteiger partial charge in [-0.3, -0.25) is 0 Å². The van der Waals surface area contributed by atoms with Crippen molar-refractivity contribution in [3.05, 3.63) is 24.3 Å². The Balaban J connectivity index is 3.45. The topological polar surface area (TPSA) is 0 Å². The van der Waals surface area contributed by atoms with Crippen molar-refractivity contribution in [3.63, 3.8) is 0 Å². The van der Waals surface area contributed by atoms with E-state index in [-0.39, 0.29) is 0 Å². The van der Waals surface area contributed by atoms with Gasteiger partial charge >= 0.3 is 0 Å². The average Bonchev–Trinajstić information content (AvgIpc) is 2.02. The number of hydrogen-bond acceptors (Lipinski definition) is 0. The Hall–Kier alpha value is -0.520. The molecular formula is C14H25. The van der Waals surface area contributed by atoms with Crippen molar-refractivity contribution in [3.8, 4) is 0 Å². The predicted octanol–water partition coefficient (Wildman–Crippen LogP) is 4.77. The first-order valence-corrected chi connectivity index (χ1v) is 5.78. The van der Waals surface area contributed by atoms with Crippen molar-refractivity contribution in [2.45, 2.75) is 53.4 Å². The van der Waals surface area contributed by atoms with Gasteiger partial charge in [-0.2, -0.15) is 0 Å². The van der Waals surface area contributed by atoms with Gasteiger partial charge in [0, 0.05) is 0 Å². The van der Waals surface area contributed by atoms with E-state index in [4.69, 9.17) is 6.58 Å². The van der Waals surface area contributed by atoms with Gasteiger partial charge in [-0.1, -0.05) is 64.3 Å². The number of hydrogen-bond donors (Lipinski definition) is 0. The molecular weight excluding hydrogens is 168 g/mol. The molecule has 0 aliphatic carbocycles. The zero-order valence-electron chi connectivity index (χ0n) is 10.2. The lowest BCUT2D eigenvalue weighted by atomic mass is 9.97. The van der Waals surface area contributed by atoms with Crippen LogP contribution in [-0.4, -0.2) is 0 Å². The van der Waals surface area contributed by atoms with E-state index in [1.807, 2.05) is 13.0 Å². The van der Waals surface area contributed by atoms with Gasteiger partial charge in [0.15, 0.2) is 0 Å². The third-order valence-electron chi connectivity index (χ3n) is 2.40. The Labute approximate surface area is 90.1 Å². The van der Waals surface area contributed by atoms with Gasteiger partial charge in [0.2, 0.25) is 0 Å². The van der Waals surface area contributed by atoms with Crippen molar-refractivity contribution >= 4 is 0 Å². The summed E-state index contributed by atoms with van der Waals surface area (Å²) in [5, 5.41) is 0. The Kier molecular flexibility index (Phi) is 7.55. The summed E-state index contributed by atoms with van der Waals surface area (Å²) in [5.41, 5.74) is 0.902. The monoisotopic (exact) mass is 193 g/mol. The van der Waals surface area contributed by atoms with E-state index in [0.29, 0.717) is 0 Å². The van der Waals surface area contributed by atoms with Crippen LogP contribution in [0.25, 0.3) is 0 Å². The molecule has 0 N–H and O–H groups in total. The summed E-state index contributed by atoms with van der Waals surface area (Å²) >= 11 is 0. The fourth-order valence-corrected chi connectivity index (χ4v) is 1.48. The van der Waals surface area contributed by atoms with Gasteiger partial charge < -0.3 is 0 Å². The molecule has 0 aromatic rings. The highest BCUT2D eigenvalue weighted by molar-refractivity contribution is 5.08. The molecule has 0 saturated heterocycles. The van der Waals surface area contributed by atoms with Gasteiger partial charge in [0.25, 0.3) is 0 Å². The third-order valence-corrected chi connectivity index (χ3v) is 2.40. The predicted molar refractivity (Wildman–Crippen MR) is 65.1 cm³/mol. The van der Waals surface area contributed by atoms with E-state index in [1.165, 1.54) is 19.3 Å². The first kappa shape index (κ1) is 13.5. The summed E-state index contributed by atoms with van der Waals surface area (Å²) in [6.07, 6.45) is 9.42. The minimum atomic E-state index is 0.796. The lowest BCUT2D eigenvalue weighted by Crippen LogP contribution is -1.95. The number of allylic oxidation sites excluding steroid dienone is 3. The van der Waals surface area contributed by atoms with Crippen molar-refractivity contribution in [2.24, 2.45) is 11.8 Å². The molecule has 0 heteroatoms. The van der Waals surface area contributed by atoms with Crippen molar-refractivity contribution < 1.29 is 0 Å². The second-order valence-electron chi connectivity index (χ2n) is 4.81. The maximum Gasteiger partial charge on any atom is -0.0322 e.